The Bertz CT molecular complexity index is 482. The average Bonchev–Trinajstić information content (AvgIpc) is 2.94. The van der Waals surface area contributed by atoms with Crippen LogP contribution in [0.2, 0.25) is 0 Å². The first-order valence-corrected chi connectivity index (χ1v) is 8.08. The molecule has 1 aromatic carbocycles. The van der Waals surface area contributed by atoms with Crippen LogP contribution in [0.5, 0.6) is 0 Å². The largest absolute Gasteiger partial charge is 0.444 e. The summed E-state index contributed by atoms with van der Waals surface area (Å²) < 4.78 is 5.47. The van der Waals surface area contributed by atoms with Crippen molar-refractivity contribution in [3.8, 4) is 0 Å². The van der Waals surface area contributed by atoms with Gasteiger partial charge in [0.1, 0.15) is 5.60 Å². The molecule has 1 aliphatic rings. The van der Waals surface area contributed by atoms with Gasteiger partial charge in [-0.25, -0.2) is 4.79 Å². The van der Waals surface area contributed by atoms with E-state index in [0.29, 0.717) is 12.0 Å². The summed E-state index contributed by atoms with van der Waals surface area (Å²) in [6, 6.07) is 10.9. The number of nitrogens with one attached hydrogen (secondary N) is 1. The first-order chi connectivity index (χ1) is 10.4. The molecule has 0 aliphatic carbocycles. The fourth-order valence-electron chi connectivity index (χ4n) is 2.98. The van der Waals surface area contributed by atoms with Gasteiger partial charge in [-0.3, -0.25) is 0 Å². The van der Waals surface area contributed by atoms with E-state index in [4.69, 9.17) is 4.74 Å². The smallest absolute Gasteiger partial charge is 0.410 e. The summed E-state index contributed by atoms with van der Waals surface area (Å²) in [5, 5.41) is 3.42. The van der Waals surface area contributed by atoms with Crippen molar-refractivity contribution < 1.29 is 9.53 Å². The average molecular weight is 304 g/mol. The predicted molar refractivity (Wildman–Crippen MR) is 88.9 cm³/mol. The van der Waals surface area contributed by atoms with Gasteiger partial charge >= 0.3 is 6.09 Å². The third-order valence-electron chi connectivity index (χ3n) is 4.11. The molecule has 0 spiro atoms. The van der Waals surface area contributed by atoms with Crippen LogP contribution in [0.1, 0.15) is 32.8 Å². The highest BCUT2D eigenvalue weighted by molar-refractivity contribution is 5.68. The van der Waals surface area contributed by atoms with Crippen LogP contribution in [-0.4, -0.2) is 42.8 Å². The monoisotopic (exact) mass is 304 g/mol. The number of ether oxygens (including phenoxy) is 1. The van der Waals surface area contributed by atoms with Crippen LogP contribution in [0, 0.1) is 5.92 Å². The molecule has 0 aromatic heterocycles. The highest BCUT2D eigenvalue weighted by atomic mass is 16.6. The molecular formula is C18H28N2O2. The zero-order valence-electron chi connectivity index (χ0n) is 14.1. The Morgan fingerprint density at radius 1 is 1.36 bits per heavy atom. The third-order valence-corrected chi connectivity index (χ3v) is 4.11. The van der Waals surface area contributed by atoms with Crippen molar-refractivity contribution in [2.45, 2.75) is 45.3 Å². The Balaban J connectivity index is 1.91. The van der Waals surface area contributed by atoms with Crippen LogP contribution in [0.25, 0.3) is 0 Å². The fraction of sp³-hybridized carbons (Fsp3) is 0.611. The number of likely N-dealkylation sites (tertiary alicyclic amines) is 1. The van der Waals surface area contributed by atoms with Gasteiger partial charge in [0.05, 0.1) is 0 Å². The topological polar surface area (TPSA) is 41.6 Å². The molecule has 4 heteroatoms. The van der Waals surface area contributed by atoms with Crippen LogP contribution in [0.3, 0.4) is 0 Å². The van der Waals surface area contributed by atoms with Gasteiger partial charge in [0.15, 0.2) is 0 Å². The van der Waals surface area contributed by atoms with Crippen molar-refractivity contribution in [1.29, 1.82) is 0 Å². The normalized spacial score (nSPS) is 20.0. The van der Waals surface area contributed by atoms with Gasteiger partial charge < -0.3 is 15.0 Å². The lowest BCUT2D eigenvalue weighted by molar-refractivity contribution is 0.0285. The molecule has 2 rings (SSSR count). The second-order valence-electron chi connectivity index (χ2n) is 7.06. The molecule has 22 heavy (non-hydrogen) atoms. The van der Waals surface area contributed by atoms with Crippen molar-refractivity contribution in [2.75, 3.05) is 20.1 Å². The summed E-state index contributed by atoms with van der Waals surface area (Å²) in [4.78, 5) is 14.0. The van der Waals surface area contributed by atoms with Crippen molar-refractivity contribution in [3.63, 3.8) is 0 Å². The molecule has 1 N–H and O–H groups in total. The molecule has 0 bridgehead atoms. The Morgan fingerprint density at radius 3 is 2.64 bits per heavy atom. The molecule has 0 radical (unpaired) electrons. The maximum Gasteiger partial charge on any atom is 0.410 e. The quantitative estimate of drug-likeness (QED) is 0.929. The Kier molecular flexibility index (Phi) is 5.46. The summed E-state index contributed by atoms with van der Waals surface area (Å²) in [6.45, 7) is 7.28. The molecule has 1 heterocycles. The molecule has 1 aromatic rings. The third kappa shape index (κ3) is 4.73. The zero-order chi connectivity index (χ0) is 16.2. The van der Waals surface area contributed by atoms with Crippen LogP contribution < -0.4 is 5.32 Å². The first kappa shape index (κ1) is 16.8. The number of benzene rings is 1. The van der Waals surface area contributed by atoms with Crippen molar-refractivity contribution in [3.05, 3.63) is 35.9 Å². The summed E-state index contributed by atoms with van der Waals surface area (Å²) in [6.07, 6.45) is 1.83. The van der Waals surface area contributed by atoms with E-state index in [2.05, 4.69) is 29.6 Å². The van der Waals surface area contributed by atoms with Gasteiger partial charge in [0.25, 0.3) is 0 Å². The van der Waals surface area contributed by atoms with E-state index in [1.165, 1.54) is 5.56 Å². The summed E-state index contributed by atoms with van der Waals surface area (Å²) in [7, 11) is 2.00. The van der Waals surface area contributed by atoms with Crippen LogP contribution in [0.4, 0.5) is 4.79 Å². The molecule has 2 unspecified atom stereocenters. The van der Waals surface area contributed by atoms with E-state index < -0.39 is 5.60 Å². The first-order valence-electron chi connectivity index (χ1n) is 8.08. The van der Waals surface area contributed by atoms with Gasteiger partial charge in [-0.2, -0.15) is 0 Å². The second kappa shape index (κ2) is 7.14. The highest BCUT2D eigenvalue weighted by Gasteiger charge is 2.33. The fourth-order valence-corrected chi connectivity index (χ4v) is 2.98. The molecule has 1 saturated heterocycles. The van der Waals surface area contributed by atoms with E-state index in [9.17, 15) is 4.79 Å². The van der Waals surface area contributed by atoms with E-state index in [0.717, 1.165) is 25.9 Å². The molecule has 0 saturated carbocycles. The minimum absolute atomic E-state index is 0.190. The lowest BCUT2D eigenvalue weighted by Crippen LogP contribution is -2.39. The maximum absolute atomic E-state index is 12.2. The molecule has 2 atom stereocenters. The summed E-state index contributed by atoms with van der Waals surface area (Å²) in [5.41, 5.74) is 0.902. The number of likely N-dealkylation sites (N-methyl/N-ethyl adjacent to an activating group) is 1. The number of nitrogens with zero attached hydrogens (tertiary/aromatic N) is 1. The van der Waals surface area contributed by atoms with Crippen LogP contribution in [0.15, 0.2) is 30.3 Å². The van der Waals surface area contributed by atoms with E-state index >= 15 is 0 Å². The van der Waals surface area contributed by atoms with E-state index in [1.807, 2.05) is 38.8 Å². The molecule has 4 nitrogen and oxygen atoms in total. The lowest BCUT2D eigenvalue weighted by atomic mass is 9.93. The van der Waals surface area contributed by atoms with Crippen molar-refractivity contribution >= 4 is 6.09 Å². The molecule has 1 aliphatic heterocycles. The number of amides is 1. The summed E-state index contributed by atoms with van der Waals surface area (Å²) in [5.74, 6) is 0.470. The summed E-state index contributed by atoms with van der Waals surface area (Å²) >= 11 is 0. The second-order valence-corrected chi connectivity index (χ2v) is 7.06. The molecule has 122 valence electrons. The van der Waals surface area contributed by atoms with Gasteiger partial charge in [0.2, 0.25) is 0 Å². The maximum atomic E-state index is 12.2. The lowest BCUT2D eigenvalue weighted by Gasteiger charge is -2.26. The Labute approximate surface area is 133 Å². The van der Waals surface area contributed by atoms with Gasteiger partial charge in [0, 0.05) is 19.1 Å². The van der Waals surface area contributed by atoms with E-state index in [1.54, 1.807) is 0 Å². The van der Waals surface area contributed by atoms with Gasteiger partial charge in [-0.1, -0.05) is 30.3 Å². The van der Waals surface area contributed by atoms with Crippen molar-refractivity contribution in [1.82, 2.24) is 10.2 Å². The number of carbonyl (C=O) groups is 1. The standard InChI is InChI=1S/C18H28N2O2/c1-18(2,3)22-17(21)20-11-10-15(13-20)16(19-4)12-14-8-6-5-7-9-14/h5-9,15-16,19H,10-13H2,1-4H3. The van der Waals surface area contributed by atoms with E-state index in [-0.39, 0.29) is 6.09 Å². The van der Waals surface area contributed by atoms with Gasteiger partial charge in [-0.15, -0.1) is 0 Å². The SMILES string of the molecule is CNC(Cc1ccccc1)C1CCN(C(=O)OC(C)(C)C)C1. The minimum atomic E-state index is -0.429. The highest BCUT2D eigenvalue weighted by Crippen LogP contribution is 2.24. The van der Waals surface area contributed by atoms with Crippen LogP contribution >= 0.6 is 0 Å². The molecule has 1 fully saturated rings. The molecule has 1 amide bonds. The number of carbonyl (C=O) groups excluding carboxylic acids is 1. The van der Waals surface area contributed by atoms with Crippen molar-refractivity contribution in [2.24, 2.45) is 5.92 Å². The Morgan fingerprint density at radius 2 is 2.05 bits per heavy atom. The molecular weight excluding hydrogens is 276 g/mol. The predicted octanol–water partition coefficient (Wildman–Crippen LogP) is 3.07. The Hall–Kier alpha value is -1.55. The minimum Gasteiger partial charge on any atom is -0.444 e. The number of hydrogen-bond acceptors (Lipinski definition) is 3. The number of rotatable bonds is 4. The van der Waals surface area contributed by atoms with Crippen LogP contribution in [-0.2, 0) is 11.2 Å². The van der Waals surface area contributed by atoms with Gasteiger partial charge in [-0.05, 0) is 52.1 Å². The zero-order valence-corrected chi connectivity index (χ0v) is 14.1. The number of hydrogen-bond donors (Lipinski definition) is 1.